The van der Waals surface area contributed by atoms with Gasteiger partial charge in [0, 0.05) is 0 Å². The maximum absolute atomic E-state index is 14.0. The molecule has 0 aromatic carbocycles. The zero-order chi connectivity index (χ0) is 26.5. The van der Waals surface area contributed by atoms with Crippen molar-refractivity contribution in [2.24, 2.45) is 0 Å². The fourth-order valence-electron chi connectivity index (χ4n) is 1.55. The topological polar surface area (TPSA) is 320 Å². The maximum atomic E-state index is 14.0. The number of urea groups is 1. The number of hydrazine groups is 1. The monoisotopic (exact) mass is 497 g/mol. The first kappa shape index (κ1) is 27.9. The van der Waals surface area contributed by atoms with Gasteiger partial charge in [0.05, 0.1) is 0 Å². The molecule has 0 spiro atoms. The molecule has 0 aromatic rings. The molecule has 0 heterocycles. The first-order chi connectivity index (χ1) is 14.8. The minimum atomic E-state index is -5.20. The zero-order valence-electron chi connectivity index (χ0n) is 14.9. The van der Waals surface area contributed by atoms with Crippen LogP contribution in [0, 0.1) is 60.7 Å². The van der Waals surface area contributed by atoms with Crippen LogP contribution < -0.4 is 10.9 Å². The molecule has 26 heteroatoms. The van der Waals surface area contributed by atoms with Gasteiger partial charge in [-0.15, -0.1) is 0 Å². The Morgan fingerprint density at radius 3 is 1.18 bits per heavy atom. The molecular weight excluding hydrogens is 491 g/mol. The van der Waals surface area contributed by atoms with E-state index in [9.17, 15) is 83.4 Å². The number of halogens is 3. The van der Waals surface area contributed by atoms with E-state index in [2.05, 4.69) is 0 Å². The number of hydrogen-bond acceptors (Lipinski definition) is 14. The first-order valence-electron chi connectivity index (χ1n) is 7.07. The SMILES string of the molecule is O=C(NNC(=O)C(F)([N+](=O)[O-])[N+](=O)[O-])N(CC(F)([N+](=O)[O-])[N+](=O)[O-])CC(F)([N+](=O)[O-])[N+](=O)[O-]. The molecule has 23 nitrogen and oxygen atoms in total. The van der Waals surface area contributed by atoms with Crippen molar-refractivity contribution >= 4 is 11.9 Å². The summed E-state index contributed by atoms with van der Waals surface area (Å²) in [6.45, 7) is -5.26. The van der Waals surface area contributed by atoms with Gasteiger partial charge in [-0.25, -0.2) is 10.2 Å². The number of alkyl halides is 3. The maximum Gasteiger partial charge on any atom is 0.698 e. The summed E-state index contributed by atoms with van der Waals surface area (Å²) < 4.78 is 41.6. The van der Waals surface area contributed by atoms with Crippen LogP contribution in [0.1, 0.15) is 0 Å². The van der Waals surface area contributed by atoms with E-state index >= 15 is 0 Å². The van der Waals surface area contributed by atoms with Gasteiger partial charge in [-0.05, 0) is 0 Å². The molecule has 0 unspecified atom stereocenters. The van der Waals surface area contributed by atoms with E-state index in [4.69, 9.17) is 0 Å². The molecule has 0 aliphatic rings. The van der Waals surface area contributed by atoms with E-state index in [0.717, 1.165) is 0 Å². The average molecular weight is 497 g/mol. The minimum Gasteiger partial charge on any atom is -0.288 e. The summed E-state index contributed by atoms with van der Waals surface area (Å²) in [5.74, 6) is -18.1. The Morgan fingerprint density at radius 1 is 0.636 bits per heavy atom. The fourth-order valence-corrected chi connectivity index (χ4v) is 1.55. The van der Waals surface area contributed by atoms with E-state index < -0.39 is 77.2 Å². The molecule has 0 rings (SSSR count). The van der Waals surface area contributed by atoms with Gasteiger partial charge in [0.1, 0.15) is 29.5 Å². The molecule has 0 saturated heterocycles. The van der Waals surface area contributed by atoms with Crippen LogP contribution >= 0.6 is 0 Å². The van der Waals surface area contributed by atoms with Crippen molar-refractivity contribution in [3.63, 3.8) is 0 Å². The summed E-state index contributed by atoms with van der Waals surface area (Å²) in [7, 11) is 0. The highest BCUT2D eigenvalue weighted by atomic mass is 19.2. The standard InChI is InChI=1S/C7H6F3N9O14/c8-5(14(22)23,15(24)25)1-13(2-6(9,16(26)27)17(28)29)4(21)12-11-3(20)7(10,18(30)31)19(32)33/h1-2H2,(H,11,20)(H,12,21). The van der Waals surface area contributed by atoms with Crippen LogP contribution in [-0.4, -0.2) is 77.2 Å². The summed E-state index contributed by atoms with van der Waals surface area (Å²) in [4.78, 5) is 70.9. The van der Waals surface area contributed by atoms with Crippen LogP contribution in [0.3, 0.4) is 0 Å². The molecule has 0 bridgehead atoms. The fraction of sp³-hybridized carbons (Fsp3) is 0.714. The minimum absolute atomic E-state index is 0.592. The van der Waals surface area contributed by atoms with Crippen molar-refractivity contribution < 1.29 is 52.3 Å². The number of carbonyl (C=O) groups excluding carboxylic acids is 2. The number of nitro groups is 6. The van der Waals surface area contributed by atoms with Gasteiger partial charge in [-0.3, -0.25) is 75.8 Å². The van der Waals surface area contributed by atoms with Crippen LogP contribution in [0.5, 0.6) is 0 Å². The lowest BCUT2D eigenvalue weighted by Crippen LogP contribution is -2.64. The van der Waals surface area contributed by atoms with E-state index in [1.54, 1.807) is 0 Å². The van der Waals surface area contributed by atoms with Gasteiger partial charge in [0.2, 0.25) is 13.1 Å². The lowest BCUT2D eigenvalue weighted by atomic mass is 10.3. The summed E-state index contributed by atoms with van der Waals surface area (Å²) in [5, 5.41) is 63.1. The van der Waals surface area contributed by atoms with Gasteiger partial charge in [-0.1, -0.05) is 13.2 Å². The molecule has 0 atom stereocenters. The van der Waals surface area contributed by atoms with Crippen molar-refractivity contribution in [2.45, 2.75) is 17.7 Å². The second-order valence-corrected chi connectivity index (χ2v) is 5.31. The second kappa shape index (κ2) is 9.38. The third kappa shape index (κ3) is 5.35. The van der Waals surface area contributed by atoms with Crippen molar-refractivity contribution in [2.75, 3.05) is 13.1 Å². The Labute approximate surface area is 172 Å². The summed E-state index contributed by atoms with van der Waals surface area (Å²) in [6.07, 6.45) is 0. The number of amides is 3. The normalized spacial score (nSPS) is 11.6. The van der Waals surface area contributed by atoms with Gasteiger partial charge in [-0.2, -0.15) is 0 Å². The Bertz CT molecular complexity index is 844. The predicted octanol–water partition coefficient (Wildman–Crippen LogP) is -2.44. The molecule has 2 N–H and O–H groups in total. The van der Waals surface area contributed by atoms with Crippen molar-refractivity contribution in [1.82, 2.24) is 15.8 Å². The van der Waals surface area contributed by atoms with Gasteiger partial charge >= 0.3 is 29.7 Å². The van der Waals surface area contributed by atoms with Gasteiger partial charge in [0.25, 0.3) is 0 Å². The van der Waals surface area contributed by atoms with E-state index in [-0.39, 0.29) is 0 Å². The number of carbonyl (C=O) groups is 2. The van der Waals surface area contributed by atoms with E-state index in [0.29, 0.717) is 10.9 Å². The largest absolute Gasteiger partial charge is 0.698 e. The predicted molar refractivity (Wildman–Crippen MR) is 81.7 cm³/mol. The van der Waals surface area contributed by atoms with Crippen LogP contribution in [-0.2, 0) is 4.79 Å². The molecule has 0 aliphatic carbocycles. The van der Waals surface area contributed by atoms with Crippen LogP contribution in [0.15, 0.2) is 0 Å². The lowest BCUT2D eigenvalue weighted by Gasteiger charge is -2.23. The second-order valence-electron chi connectivity index (χ2n) is 5.31. The Hall–Kier alpha value is -5.07. The number of rotatable bonds is 11. The van der Waals surface area contributed by atoms with Crippen LogP contribution in [0.25, 0.3) is 0 Å². The first-order valence-corrected chi connectivity index (χ1v) is 7.07. The molecule has 184 valence electrons. The molecule has 0 aromatic heterocycles. The zero-order valence-corrected chi connectivity index (χ0v) is 14.9. The highest BCUT2D eigenvalue weighted by Gasteiger charge is 2.68. The number of nitrogens with one attached hydrogen (secondary N) is 2. The Morgan fingerprint density at radius 2 is 0.939 bits per heavy atom. The molecule has 33 heavy (non-hydrogen) atoms. The molecule has 0 fully saturated rings. The molecule has 0 aliphatic heterocycles. The lowest BCUT2D eigenvalue weighted by molar-refractivity contribution is -0.837. The van der Waals surface area contributed by atoms with E-state index in [1.165, 1.54) is 0 Å². The summed E-state index contributed by atoms with van der Waals surface area (Å²) in [6, 6.07) is -2.53. The van der Waals surface area contributed by atoms with Crippen molar-refractivity contribution in [1.29, 1.82) is 0 Å². The Balaban J connectivity index is 6.14. The smallest absolute Gasteiger partial charge is 0.288 e. The van der Waals surface area contributed by atoms with Gasteiger partial charge in [0.15, 0.2) is 0 Å². The summed E-state index contributed by atoms with van der Waals surface area (Å²) >= 11 is 0. The number of nitrogens with zero attached hydrogens (tertiary/aromatic N) is 7. The Kier molecular flexibility index (Phi) is 7.94. The highest BCUT2D eigenvalue weighted by molar-refractivity contribution is 5.84. The molecule has 0 saturated carbocycles. The molecule has 0 radical (unpaired) electrons. The van der Waals surface area contributed by atoms with Crippen LogP contribution in [0.2, 0.25) is 0 Å². The average Bonchev–Trinajstić information content (AvgIpc) is 2.68. The van der Waals surface area contributed by atoms with Gasteiger partial charge < -0.3 is 0 Å². The highest BCUT2D eigenvalue weighted by Crippen LogP contribution is 2.21. The molecule has 3 amide bonds. The van der Waals surface area contributed by atoms with E-state index in [1.807, 2.05) is 0 Å². The third-order valence-electron chi connectivity index (χ3n) is 3.25. The third-order valence-corrected chi connectivity index (χ3v) is 3.25. The molecular formula is C7H6F3N9O14. The quantitative estimate of drug-likeness (QED) is 0.130. The van der Waals surface area contributed by atoms with Crippen molar-refractivity contribution in [3.05, 3.63) is 60.7 Å². The van der Waals surface area contributed by atoms with Crippen molar-refractivity contribution in [3.8, 4) is 0 Å². The summed E-state index contributed by atoms with van der Waals surface area (Å²) in [5.41, 5.74) is 1.31. The number of hydrogen-bond donors (Lipinski definition) is 2. The van der Waals surface area contributed by atoms with Crippen LogP contribution in [0.4, 0.5) is 18.0 Å².